The molecule has 0 bridgehead atoms. The minimum atomic E-state index is -1.31. The van der Waals surface area contributed by atoms with Crippen molar-refractivity contribution in [3.63, 3.8) is 0 Å². The second-order valence-electron chi connectivity index (χ2n) is 4.98. The van der Waals surface area contributed by atoms with Crippen LogP contribution in [0.15, 0.2) is 42.1 Å². The predicted octanol–water partition coefficient (Wildman–Crippen LogP) is 3.54. The van der Waals surface area contributed by atoms with E-state index in [1.54, 1.807) is 0 Å². The number of aliphatic hydroxyl groups excluding tert-OH is 1. The zero-order valence-electron chi connectivity index (χ0n) is 9.83. The molecule has 82 valence electrons. The van der Waals surface area contributed by atoms with Crippen LogP contribution in [-0.4, -0.2) is 13.2 Å². The Morgan fingerprint density at radius 3 is 2.27 bits per heavy atom. The van der Waals surface area contributed by atoms with Crippen molar-refractivity contribution in [1.29, 1.82) is 0 Å². The van der Waals surface area contributed by atoms with Gasteiger partial charge in [0.05, 0.1) is 14.2 Å². The summed E-state index contributed by atoms with van der Waals surface area (Å²) < 4.78 is 0. The molecule has 1 nitrogen and oxygen atoms in total. The lowest BCUT2D eigenvalue weighted by molar-refractivity contribution is 0.180. The van der Waals surface area contributed by atoms with E-state index < -0.39 is 14.2 Å². The fraction of sp³-hybridized carbons (Fsp3) is 0.385. The minimum absolute atomic E-state index is 0.398. The van der Waals surface area contributed by atoms with Gasteiger partial charge >= 0.3 is 0 Å². The van der Waals surface area contributed by atoms with Gasteiger partial charge in [0.25, 0.3) is 0 Å². The van der Waals surface area contributed by atoms with E-state index in [9.17, 15) is 5.11 Å². The van der Waals surface area contributed by atoms with Gasteiger partial charge in [-0.1, -0.05) is 55.2 Å². The second kappa shape index (κ2) is 4.77. The van der Waals surface area contributed by atoms with E-state index in [0.717, 1.165) is 5.56 Å². The summed E-state index contributed by atoms with van der Waals surface area (Å²) in [4.78, 5) is 0. The highest BCUT2D eigenvalue weighted by Gasteiger charge is 2.20. The van der Waals surface area contributed by atoms with E-state index in [1.807, 2.05) is 30.3 Å². The highest BCUT2D eigenvalue weighted by Crippen LogP contribution is 2.25. The third-order valence-electron chi connectivity index (χ3n) is 2.68. The maximum Gasteiger partial charge on any atom is 0.0823 e. The Kier molecular flexibility index (Phi) is 3.88. The van der Waals surface area contributed by atoms with E-state index in [0.29, 0.717) is 6.42 Å². The summed E-state index contributed by atoms with van der Waals surface area (Å²) in [6, 6.07) is 9.79. The molecule has 0 aliphatic heterocycles. The summed E-state index contributed by atoms with van der Waals surface area (Å²) in [7, 11) is -1.31. The molecule has 0 aliphatic rings. The molecule has 1 N–H and O–H groups in total. The van der Waals surface area contributed by atoms with Gasteiger partial charge in [-0.15, -0.1) is 6.58 Å². The van der Waals surface area contributed by atoms with Crippen LogP contribution in [-0.2, 0) is 0 Å². The van der Waals surface area contributed by atoms with Crippen LogP contribution in [0.25, 0.3) is 0 Å². The quantitative estimate of drug-likeness (QED) is 0.769. The Labute approximate surface area is 93.5 Å². The molecule has 0 radical (unpaired) electrons. The largest absolute Gasteiger partial charge is 0.388 e. The average Bonchev–Trinajstić information content (AvgIpc) is 2.17. The van der Waals surface area contributed by atoms with Crippen LogP contribution in [0.3, 0.4) is 0 Å². The van der Waals surface area contributed by atoms with E-state index >= 15 is 0 Å². The number of rotatable bonds is 4. The van der Waals surface area contributed by atoms with Crippen molar-refractivity contribution in [2.24, 2.45) is 0 Å². The van der Waals surface area contributed by atoms with E-state index in [4.69, 9.17) is 0 Å². The van der Waals surface area contributed by atoms with Gasteiger partial charge in [-0.3, -0.25) is 0 Å². The second-order valence-corrected chi connectivity index (χ2v) is 10.2. The maximum atomic E-state index is 10.0. The van der Waals surface area contributed by atoms with Crippen LogP contribution >= 0.6 is 0 Å². The summed E-state index contributed by atoms with van der Waals surface area (Å²) in [6.07, 6.45) is 0.296. The number of hydrogen-bond donors (Lipinski definition) is 1. The van der Waals surface area contributed by atoms with Gasteiger partial charge in [0, 0.05) is 0 Å². The molecular weight excluding hydrogens is 200 g/mol. The van der Waals surface area contributed by atoms with Crippen molar-refractivity contribution < 1.29 is 5.11 Å². The van der Waals surface area contributed by atoms with Gasteiger partial charge in [-0.25, -0.2) is 0 Å². The van der Waals surface area contributed by atoms with Crippen molar-refractivity contribution in [1.82, 2.24) is 0 Å². The van der Waals surface area contributed by atoms with Crippen LogP contribution < -0.4 is 0 Å². The Morgan fingerprint density at radius 1 is 1.27 bits per heavy atom. The third kappa shape index (κ3) is 3.65. The number of benzene rings is 1. The van der Waals surface area contributed by atoms with Crippen molar-refractivity contribution in [3.05, 3.63) is 47.7 Å². The van der Waals surface area contributed by atoms with E-state index in [2.05, 4.69) is 26.2 Å². The summed E-state index contributed by atoms with van der Waals surface area (Å²) >= 11 is 0. The lowest BCUT2D eigenvalue weighted by Crippen LogP contribution is -2.24. The zero-order valence-corrected chi connectivity index (χ0v) is 10.8. The van der Waals surface area contributed by atoms with Crippen molar-refractivity contribution in [3.8, 4) is 0 Å². The molecule has 0 fully saturated rings. The highest BCUT2D eigenvalue weighted by atomic mass is 28.3. The fourth-order valence-corrected chi connectivity index (χ4v) is 2.14. The predicted molar refractivity (Wildman–Crippen MR) is 68.5 cm³/mol. The van der Waals surface area contributed by atoms with Crippen LogP contribution in [0.2, 0.25) is 19.6 Å². The molecule has 1 unspecified atom stereocenters. The van der Waals surface area contributed by atoms with Gasteiger partial charge in [0.2, 0.25) is 0 Å². The Balaban J connectivity index is 2.65. The summed E-state index contributed by atoms with van der Waals surface area (Å²) in [5, 5.41) is 11.2. The number of aliphatic hydroxyl groups is 1. The Bertz CT molecular complexity index is 324. The van der Waals surface area contributed by atoms with Crippen molar-refractivity contribution in [2.75, 3.05) is 0 Å². The van der Waals surface area contributed by atoms with E-state index in [-0.39, 0.29) is 0 Å². The van der Waals surface area contributed by atoms with Gasteiger partial charge in [0.15, 0.2) is 0 Å². The molecule has 0 saturated heterocycles. The summed E-state index contributed by atoms with van der Waals surface area (Å²) in [5.41, 5.74) is 0.983. The normalized spacial score (nSPS) is 13.6. The van der Waals surface area contributed by atoms with Gasteiger partial charge in [-0.05, 0) is 12.0 Å². The topological polar surface area (TPSA) is 20.2 Å². The highest BCUT2D eigenvalue weighted by molar-refractivity contribution is 6.82. The molecule has 0 spiro atoms. The lowest BCUT2D eigenvalue weighted by Gasteiger charge is -2.22. The first-order valence-electron chi connectivity index (χ1n) is 5.32. The molecule has 1 rings (SSSR count). The molecule has 2 heteroatoms. The fourth-order valence-electron chi connectivity index (χ4n) is 1.33. The van der Waals surface area contributed by atoms with Crippen LogP contribution in [0.4, 0.5) is 0 Å². The van der Waals surface area contributed by atoms with Gasteiger partial charge in [0.1, 0.15) is 0 Å². The zero-order chi connectivity index (χ0) is 11.5. The molecule has 0 aromatic heterocycles. The minimum Gasteiger partial charge on any atom is -0.388 e. The Hall–Kier alpha value is -0.863. The summed E-state index contributed by atoms with van der Waals surface area (Å²) in [5.74, 6) is 0. The maximum absolute atomic E-state index is 10.0. The molecule has 0 aliphatic carbocycles. The molecule has 1 aromatic rings. The van der Waals surface area contributed by atoms with Crippen molar-refractivity contribution >= 4 is 8.07 Å². The van der Waals surface area contributed by atoms with Crippen LogP contribution in [0.1, 0.15) is 18.1 Å². The first-order chi connectivity index (χ1) is 6.91. The lowest BCUT2D eigenvalue weighted by atomic mass is 10.1. The van der Waals surface area contributed by atoms with Crippen LogP contribution in [0, 0.1) is 0 Å². The molecule has 0 saturated carbocycles. The molecule has 0 amide bonds. The smallest absolute Gasteiger partial charge is 0.0823 e. The average molecular weight is 220 g/mol. The SMILES string of the molecule is C=C(CC(O)c1ccccc1)[Si](C)(C)C. The number of hydrogen-bond acceptors (Lipinski definition) is 1. The standard InChI is InChI=1S/C13H20OSi/c1-11(15(2,3)4)10-13(14)12-8-6-5-7-9-12/h5-9,13-14H,1,10H2,2-4H3. The molecule has 1 aromatic carbocycles. The molecule has 15 heavy (non-hydrogen) atoms. The van der Waals surface area contributed by atoms with Gasteiger partial charge in [-0.2, -0.15) is 0 Å². The monoisotopic (exact) mass is 220 g/mol. The van der Waals surface area contributed by atoms with E-state index in [1.165, 1.54) is 5.20 Å². The Morgan fingerprint density at radius 2 is 1.80 bits per heavy atom. The molecule has 0 heterocycles. The summed E-state index contributed by atoms with van der Waals surface area (Å²) in [6.45, 7) is 10.9. The first kappa shape index (κ1) is 12.2. The van der Waals surface area contributed by atoms with Gasteiger partial charge < -0.3 is 5.11 Å². The first-order valence-corrected chi connectivity index (χ1v) is 8.82. The van der Waals surface area contributed by atoms with Crippen molar-refractivity contribution in [2.45, 2.75) is 32.2 Å². The molecule has 1 atom stereocenters. The van der Waals surface area contributed by atoms with Crippen LogP contribution in [0.5, 0.6) is 0 Å². The molecular formula is C13H20OSi. The third-order valence-corrected chi connectivity index (χ3v) is 5.01.